The van der Waals surface area contributed by atoms with Gasteiger partial charge in [0.1, 0.15) is 6.10 Å². The maximum absolute atomic E-state index is 12.5. The molecule has 4 N–H and O–H groups in total. The topological polar surface area (TPSA) is 89.8 Å². The van der Waals surface area contributed by atoms with Gasteiger partial charge in [-0.1, -0.05) is 303 Å². The molecule has 0 saturated carbocycles. The smallest absolute Gasteiger partial charge is 0.220 e. The maximum atomic E-state index is 12.5. The van der Waals surface area contributed by atoms with Crippen LogP contribution in [-0.2, 0) is 4.79 Å². The summed E-state index contributed by atoms with van der Waals surface area (Å²) in [4.78, 5) is 12.5. The molecule has 5 nitrogen and oxygen atoms in total. The van der Waals surface area contributed by atoms with Gasteiger partial charge in [0.25, 0.3) is 0 Å². The maximum Gasteiger partial charge on any atom is 0.220 e. The van der Waals surface area contributed by atoms with Gasteiger partial charge in [0.2, 0.25) is 5.91 Å². The Bertz CT molecular complexity index is 807. The van der Waals surface area contributed by atoms with Crippen LogP contribution < -0.4 is 5.32 Å². The van der Waals surface area contributed by atoms with Crippen molar-refractivity contribution in [2.75, 3.05) is 6.61 Å². The Hall–Kier alpha value is -0.650. The van der Waals surface area contributed by atoms with E-state index in [1.165, 1.54) is 263 Å². The summed E-state index contributed by atoms with van der Waals surface area (Å²) in [5.41, 5.74) is 0. The first-order valence-corrected chi connectivity index (χ1v) is 27.8. The van der Waals surface area contributed by atoms with Crippen LogP contribution in [0.2, 0.25) is 0 Å². The van der Waals surface area contributed by atoms with Gasteiger partial charge in [-0.25, -0.2) is 0 Å². The Morgan fingerprint density at radius 3 is 0.800 bits per heavy atom. The van der Waals surface area contributed by atoms with E-state index in [4.69, 9.17) is 0 Å². The van der Waals surface area contributed by atoms with Gasteiger partial charge in [0.05, 0.1) is 18.8 Å². The van der Waals surface area contributed by atoms with Crippen molar-refractivity contribution in [1.29, 1.82) is 0 Å². The van der Waals surface area contributed by atoms with Crippen molar-refractivity contribution in [3.63, 3.8) is 0 Å². The highest BCUT2D eigenvalue weighted by atomic mass is 16.3. The third kappa shape index (κ3) is 45.4. The van der Waals surface area contributed by atoms with E-state index in [9.17, 15) is 20.1 Å². The molecule has 0 aliphatic rings. The predicted molar refractivity (Wildman–Crippen MR) is 264 cm³/mol. The Morgan fingerprint density at radius 2 is 0.567 bits per heavy atom. The average molecular weight is 850 g/mol. The Kier molecular flexibility index (Phi) is 50.4. The minimum Gasteiger partial charge on any atom is -0.394 e. The van der Waals surface area contributed by atoms with Crippen LogP contribution in [0.5, 0.6) is 0 Å². The molecule has 0 aromatic rings. The Morgan fingerprint density at radius 1 is 0.350 bits per heavy atom. The number of amides is 1. The van der Waals surface area contributed by atoms with Gasteiger partial charge in [-0.15, -0.1) is 0 Å². The molecule has 0 aromatic carbocycles. The number of hydrogen-bond acceptors (Lipinski definition) is 4. The summed E-state index contributed by atoms with van der Waals surface area (Å²) < 4.78 is 0. The lowest BCUT2D eigenvalue weighted by Crippen LogP contribution is -2.50. The molecule has 0 bridgehead atoms. The van der Waals surface area contributed by atoms with E-state index in [2.05, 4.69) is 19.2 Å². The fourth-order valence-electron chi connectivity index (χ4n) is 9.17. The Balaban J connectivity index is 3.49. The molecular weight excluding hydrogens is 739 g/mol. The summed E-state index contributed by atoms with van der Waals surface area (Å²) in [6, 6.07) is -0.804. The molecule has 3 atom stereocenters. The van der Waals surface area contributed by atoms with E-state index < -0.39 is 18.2 Å². The second kappa shape index (κ2) is 51.0. The highest BCUT2D eigenvalue weighted by Gasteiger charge is 2.26. The number of nitrogens with one attached hydrogen (secondary N) is 1. The summed E-state index contributed by atoms with van der Waals surface area (Å²) >= 11 is 0. The molecule has 0 spiro atoms. The molecule has 0 saturated heterocycles. The molecule has 360 valence electrons. The first kappa shape index (κ1) is 59.4. The van der Waals surface area contributed by atoms with Gasteiger partial charge in [-0.3, -0.25) is 4.79 Å². The van der Waals surface area contributed by atoms with E-state index in [1.807, 2.05) is 0 Å². The van der Waals surface area contributed by atoms with Gasteiger partial charge in [0.15, 0.2) is 0 Å². The molecule has 3 unspecified atom stereocenters. The van der Waals surface area contributed by atoms with E-state index in [1.54, 1.807) is 0 Å². The van der Waals surface area contributed by atoms with Crippen molar-refractivity contribution in [1.82, 2.24) is 5.32 Å². The van der Waals surface area contributed by atoms with Crippen LogP contribution in [0.15, 0.2) is 0 Å². The third-order valence-electron chi connectivity index (χ3n) is 13.5. The zero-order chi connectivity index (χ0) is 43.7. The molecule has 0 aromatic heterocycles. The molecule has 0 aliphatic carbocycles. The molecule has 60 heavy (non-hydrogen) atoms. The van der Waals surface area contributed by atoms with E-state index in [0.717, 1.165) is 32.1 Å². The van der Waals surface area contributed by atoms with E-state index in [0.29, 0.717) is 12.8 Å². The van der Waals surface area contributed by atoms with Crippen LogP contribution >= 0.6 is 0 Å². The number of aliphatic hydroxyl groups excluding tert-OH is 3. The molecule has 0 aliphatic heterocycles. The van der Waals surface area contributed by atoms with Gasteiger partial charge in [0, 0.05) is 6.42 Å². The predicted octanol–water partition coefficient (Wildman–Crippen LogP) is 16.9. The normalized spacial score (nSPS) is 13.2. The lowest BCUT2D eigenvalue weighted by Gasteiger charge is -2.26. The van der Waals surface area contributed by atoms with Gasteiger partial charge in [-0.2, -0.15) is 0 Å². The SMILES string of the molecule is CCCCCCCCCCCCCCCCCCCCCCCCCCCCC(=O)NC(CO)C(O)C(O)CCCCCCCCCCCCCCCCCCCCCC. The van der Waals surface area contributed by atoms with Crippen molar-refractivity contribution in [2.24, 2.45) is 0 Å². The van der Waals surface area contributed by atoms with Crippen LogP contribution in [0, 0.1) is 0 Å². The van der Waals surface area contributed by atoms with Gasteiger partial charge < -0.3 is 20.6 Å². The molecule has 0 fully saturated rings. The van der Waals surface area contributed by atoms with Crippen LogP contribution in [0.25, 0.3) is 0 Å². The van der Waals surface area contributed by atoms with Gasteiger partial charge in [-0.05, 0) is 12.8 Å². The van der Waals surface area contributed by atoms with Crippen molar-refractivity contribution < 1.29 is 20.1 Å². The van der Waals surface area contributed by atoms with Crippen molar-refractivity contribution >= 4 is 5.91 Å². The first-order chi connectivity index (χ1) is 29.6. The number of carbonyl (C=O) groups excluding carboxylic acids is 1. The summed E-state index contributed by atoms with van der Waals surface area (Å²) in [6.45, 7) is 4.23. The summed E-state index contributed by atoms with van der Waals surface area (Å²) in [6.07, 6.45) is 61.1. The lowest BCUT2D eigenvalue weighted by atomic mass is 9.99. The second-order valence-corrected chi connectivity index (χ2v) is 19.5. The Labute approximate surface area is 377 Å². The monoisotopic (exact) mass is 850 g/mol. The average Bonchev–Trinajstić information content (AvgIpc) is 3.25. The van der Waals surface area contributed by atoms with E-state index >= 15 is 0 Å². The zero-order valence-electron chi connectivity index (χ0n) is 41.1. The fraction of sp³-hybridized carbons (Fsp3) is 0.982. The minimum absolute atomic E-state index is 0.136. The van der Waals surface area contributed by atoms with Crippen LogP contribution in [0.1, 0.15) is 322 Å². The molecule has 5 heteroatoms. The molecule has 0 heterocycles. The van der Waals surface area contributed by atoms with Gasteiger partial charge >= 0.3 is 0 Å². The van der Waals surface area contributed by atoms with Crippen molar-refractivity contribution in [3.8, 4) is 0 Å². The molecular formula is C55H111NO4. The quantitative estimate of drug-likeness (QED) is 0.0459. The van der Waals surface area contributed by atoms with Crippen LogP contribution in [-0.4, -0.2) is 46.1 Å². The zero-order valence-corrected chi connectivity index (χ0v) is 41.1. The summed E-state index contributed by atoms with van der Waals surface area (Å²) in [5, 5.41) is 33.8. The first-order valence-electron chi connectivity index (χ1n) is 27.8. The highest BCUT2D eigenvalue weighted by Crippen LogP contribution is 2.19. The largest absolute Gasteiger partial charge is 0.394 e. The molecule has 0 radical (unpaired) electrons. The molecule has 1 amide bonds. The number of hydrogen-bond donors (Lipinski definition) is 4. The van der Waals surface area contributed by atoms with E-state index in [-0.39, 0.29) is 12.5 Å². The number of carbonyl (C=O) groups is 1. The van der Waals surface area contributed by atoms with Crippen LogP contribution in [0.3, 0.4) is 0 Å². The number of rotatable bonds is 52. The number of unbranched alkanes of at least 4 members (excludes halogenated alkanes) is 44. The number of aliphatic hydroxyl groups is 3. The standard InChI is InChI=1S/C55H111NO4/c1-3-5-7-9-11-13-15-17-19-21-23-25-26-27-28-29-30-32-34-36-38-40-42-44-46-48-50-54(59)56-52(51-57)55(60)53(58)49-47-45-43-41-39-37-35-33-31-24-22-20-18-16-14-12-10-8-6-4-2/h52-53,55,57-58,60H,3-51H2,1-2H3,(H,56,59). The third-order valence-corrected chi connectivity index (χ3v) is 13.5. The highest BCUT2D eigenvalue weighted by molar-refractivity contribution is 5.76. The van der Waals surface area contributed by atoms with Crippen molar-refractivity contribution in [3.05, 3.63) is 0 Å². The van der Waals surface area contributed by atoms with Crippen LogP contribution in [0.4, 0.5) is 0 Å². The molecule has 0 rings (SSSR count). The fourth-order valence-corrected chi connectivity index (χ4v) is 9.17. The van der Waals surface area contributed by atoms with Crippen molar-refractivity contribution in [2.45, 2.75) is 340 Å². The minimum atomic E-state index is -1.13. The summed E-state index contributed by atoms with van der Waals surface area (Å²) in [7, 11) is 0. The second-order valence-electron chi connectivity index (χ2n) is 19.5. The lowest BCUT2D eigenvalue weighted by molar-refractivity contribution is -0.124. The summed E-state index contributed by atoms with van der Waals surface area (Å²) in [5.74, 6) is -0.136.